The number of nitrogens with zero attached hydrogens (tertiary/aromatic N) is 2. The van der Waals surface area contributed by atoms with E-state index in [1.165, 1.54) is 6.42 Å². The Morgan fingerprint density at radius 1 is 1.31 bits per heavy atom. The van der Waals surface area contributed by atoms with E-state index in [9.17, 15) is 0 Å². The normalized spacial score (nSPS) is 14.8. The Balaban J connectivity index is 4.09. The summed E-state index contributed by atoms with van der Waals surface area (Å²) < 4.78 is 0. The Kier molecular flexibility index (Phi) is 7.99. The van der Waals surface area contributed by atoms with Crippen molar-refractivity contribution in [3.8, 4) is 0 Å². The Labute approximate surface area is 99.5 Å². The molecule has 0 aliphatic carbocycles. The number of hydrogen-bond donors (Lipinski definition) is 2. The van der Waals surface area contributed by atoms with Crippen LogP contribution in [-0.2, 0) is 0 Å². The molecule has 0 radical (unpaired) electrons. The maximum absolute atomic E-state index is 8.50. The summed E-state index contributed by atoms with van der Waals surface area (Å²) in [7, 11) is 0. The molecule has 4 nitrogen and oxygen atoms in total. The molecular weight excluding hydrogens is 202 g/mol. The van der Waals surface area contributed by atoms with Crippen molar-refractivity contribution in [2.75, 3.05) is 19.6 Å². The monoisotopic (exact) mass is 229 g/mol. The zero-order valence-electron chi connectivity index (χ0n) is 11.1. The highest BCUT2D eigenvalue weighted by Gasteiger charge is 2.11. The molecule has 0 aromatic rings. The molecule has 0 saturated carbocycles. The van der Waals surface area contributed by atoms with Gasteiger partial charge >= 0.3 is 0 Å². The van der Waals surface area contributed by atoms with Gasteiger partial charge in [0.15, 0.2) is 0 Å². The molecule has 3 N–H and O–H groups in total. The smallest absolute Gasteiger partial charge is 0.140 e. The van der Waals surface area contributed by atoms with Crippen LogP contribution in [0.5, 0.6) is 0 Å². The van der Waals surface area contributed by atoms with Crippen molar-refractivity contribution in [2.24, 2.45) is 22.7 Å². The van der Waals surface area contributed by atoms with Crippen LogP contribution in [0.25, 0.3) is 0 Å². The summed E-state index contributed by atoms with van der Waals surface area (Å²) in [5.41, 5.74) is 5.49. The summed E-state index contributed by atoms with van der Waals surface area (Å²) in [5.74, 6) is 1.67. The van der Waals surface area contributed by atoms with Crippen molar-refractivity contribution in [1.29, 1.82) is 0 Å². The highest BCUT2D eigenvalue weighted by atomic mass is 16.4. The first-order chi connectivity index (χ1) is 7.49. The molecular formula is C12H27N3O. The lowest BCUT2D eigenvalue weighted by Crippen LogP contribution is -2.34. The summed E-state index contributed by atoms with van der Waals surface area (Å²) in [5, 5.41) is 11.5. The number of amidine groups is 1. The molecule has 0 bridgehead atoms. The van der Waals surface area contributed by atoms with Gasteiger partial charge < -0.3 is 15.8 Å². The predicted molar refractivity (Wildman–Crippen MR) is 68.8 cm³/mol. The van der Waals surface area contributed by atoms with Gasteiger partial charge in [-0.05, 0) is 11.8 Å². The Hall–Kier alpha value is -0.770. The fraction of sp³-hybridized carbons (Fsp3) is 0.917. The van der Waals surface area contributed by atoms with Crippen LogP contribution >= 0.6 is 0 Å². The van der Waals surface area contributed by atoms with Gasteiger partial charge in [0.05, 0.1) is 0 Å². The largest absolute Gasteiger partial charge is 0.409 e. The van der Waals surface area contributed by atoms with Crippen molar-refractivity contribution < 1.29 is 5.21 Å². The standard InChI is InChI=1S/C12H27N3O/c1-5-11(4)9-15(8-10(2)3)7-6-12(13)14-16/h10-11,16H,5-9H2,1-4H3,(H2,13,14). The van der Waals surface area contributed by atoms with E-state index < -0.39 is 0 Å². The molecule has 0 aliphatic rings. The molecule has 0 saturated heterocycles. The molecule has 0 amide bonds. The van der Waals surface area contributed by atoms with Gasteiger partial charge in [-0.15, -0.1) is 0 Å². The van der Waals surface area contributed by atoms with E-state index in [0.29, 0.717) is 24.1 Å². The lowest BCUT2D eigenvalue weighted by atomic mass is 10.1. The average Bonchev–Trinajstić information content (AvgIpc) is 2.24. The van der Waals surface area contributed by atoms with Crippen LogP contribution in [0.1, 0.15) is 40.5 Å². The number of hydrogen-bond acceptors (Lipinski definition) is 3. The molecule has 1 unspecified atom stereocenters. The van der Waals surface area contributed by atoms with E-state index in [2.05, 4.69) is 37.8 Å². The van der Waals surface area contributed by atoms with Crippen molar-refractivity contribution in [3.05, 3.63) is 0 Å². The van der Waals surface area contributed by atoms with Crippen LogP contribution in [0.2, 0.25) is 0 Å². The van der Waals surface area contributed by atoms with Gasteiger partial charge in [-0.2, -0.15) is 0 Å². The number of rotatable bonds is 8. The highest BCUT2D eigenvalue weighted by Crippen LogP contribution is 2.07. The Morgan fingerprint density at radius 3 is 2.38 bits per heavy atom. The van der Waals surface area contributed by atoms with Crippen molar-refractivity contribution in [2.45, 2.75) is 40.5 Å². The third-order valence-corrected chi connectivity index (χ3v) is 2.70. The van der Waals surface area contributed by atoms with Gasteiger partial charge in [0.2, 0.25) is 0 Å². The van der Waals surface area contributed by atoms with Crippen LogP contribution in [0.15, 0.2) is 5.16 Å². The first-order valence-corrected chi connectivity index (χ1v) is 6.18. The average molecular weight is 229 g/mol. The first-order valence-electron chi connectivity index (χ1n) is 6.18. The quantitative estimate of drug-likeness (QED) is 0.290. The first kappa shape index (κ1) is 15.2. The molecule has 0 aromatic heterocycles. The Bertz CT molecular complexity index is 204. The molecule has 0 aromatic carbocycles. The molecule has 0 spiro atoms. The minimum Gasteiger partial charge on any atom is -0.409 e. The molecule has 0 aliphatic heterocycles. The highest BCUT2D eigenvalue weighted by molar-refractivity contribution is 5.79. The molecule has 0 fully saturated rings. The van der Waals surface area contributed by atoms with Gasteiger partial charge in [-0.3, -0.25) is 0 Å². The van der Waals surface area contributed by atoms with Crippen LogP contribution in [0, 0.1) is 11.8 Å². The van der Waals surface area contributed by atoms with E-state index in [1.54, 1.807) is 0 Å². The molecule has 4 heteroatoms. The zero-order valence-corrected chi connectivity index (χ0v) is 11.1. The fourth-order valence-corrected chi connectivity index (χ4v) is 1.67. The number of nitrogens with two attached hydrogens (primary N) is 1. The molecule has 0 rings (SSSR count). The van der Waals surface area contributed by atoms with E-state index in [-0.39, 0.29) is 0 Å². The van der Waals surface area contributed by atoms with E-state index in [0.717, 1.165) is 19.6 Å². The van der Waals surface area contributed by atoms with Gasteiger partial charge in [-0.25, -0.2) is 0 Å². The van der Waals surface area contributed by atoms with Crippen molar-refractivity contribution >= 4 is 5.84 Å². The molecule has 16 heavy (non-hydrogen) atoms. The summed E-state index contributed by atoms with van der Waals surface area (Å²) in [6, 6.07) is 0. The minimum atomic E-state index is 0.318. The van der Waals surface area contributed by atoms with Crippen molar-refractivity contribution in [3.63, 3.8) is 0 Å². The summed E-state index contributed by atoms with van der Waals surface area (Å²) in [4.78, 5) is 2.40. The van der Waals surface area contributed by atoms with Gasteiger partial charge in [0, 0.05) is 26.1 Å². The van der Waals surface area contributed by atoms with E-state index in [1.807, 2.05) is 0 Å². The van der Waals surface area contributed by atoms with Gasteiger partial charge in [0.1, 0.15) is 5.84 Å². The molecule has 1 atom stereocenters. The Morgan fingerprint density at radius 2 is 1.94 bits per heavy atom. The summed E-state index contributed by atoms with van der Waals surface area (Å²) in [6.07, 6.45) is 1.83. The third-order valence-electron chi connectivity index (χ3n) is 2.70. The lowest BCUT2D eigenvalue weighted by Gasteiger charge is -2.26. The predicted octanol–water partition coefficient (Wildman–Crippen LogP) is 2.13. The molecule has 96 valence electrons. The van der Waals surface area contributed by atoms with Crippen LogP contribution in [0.4, 0.5) is 0 Å². The van der Waals surface area contributed by atoms with Crippen LogP contribution in [0.3, 0.4) is 0 Å². The summed E-state index contributed by atoms with van der Waals surface area (Å²) in [6.45, 7) is 11.9. The maximum Gasteiger partial charge on any atom is 0.140 e. The fourth-order valence-electron chi connectivity index (χ4n) is 1.67. The van der Waals surface area contributed by atoms with E-state index in [4.69, 9.17) is 10.9 Å². The SMILES string of the molecule is CCC(C)CN(CCC(N)=NO)CC(C)C. The van der Waals surface area contributed by atoms with Gasteiger partial charge in [-0.1, -0.05) is 39.3 Å². The van der Waals surface area contributed by atoms with Crippen LogP contribution < -0.4 is 5.73 Å². The van der Waals surface area contributed by atoms with E-state index >= 15 is 0 Å². The second-order valence-electron chi connectivity index (χ2n) is 5.01. The third kappa shape index (κ3) is 7.51. The maximum atomic E-state index is 8.50. The summed E-state index contributed by atoms with van der Waals surface area (Å²) >= 11 is 0. The minimum absolute atomic E-state index is 0.318. The second kappa shape index (κ2) is 8.39. The van der Waals surface area contributed by atoms with Crippen LogP contribution in [-0.4, -0.2) is 35.6 Å². The zero-order chi connectivity index (χ0) is 12.6. The van der Waals surface area contributed by atoms with Gasteiger partial charge in [0.25, 0.3) is 0 Å². The lowest BCUT2D eigenvalue weighted by molar-refractivity contribution is 0.215. The second-order valence-corrected chi connectivity index (χ2v) is 5.01. The van der Waals surface area contributed by atoms with Crippen molar-refractivity contribution in [1.82, 2.24) is 4.90 Å². The number of oxime groups is 1. The molecule has 0 heterocycles. The topological polar surface area (TPSA) is 61.8 Å².